The summed E-state index contributed by atoms with van der Waals surface area (Å²) in [5.74, 6) is 1.92. The molecule has 0 radical (unpaired) electrons. The smallest absolute Gasteiger partial charge is 0.356 e. The third-order valence-electron chi connectivity index (χ3n) is 4.22. The summed E-state index contributed by atoms with van der Waals surface area (Å²) in [5.41, 5.74) is -0.328. The van der Waals surface area contributed by atoms with Gasteiger partial charge in [0.15, 0.2) is 0 Å². The van der Waals surface area contributed by atoms with Crippen LogP contribution in [-0.2, 0) is 6.18 Å². The van der Waals surface area contributed by atoms with Gasteiger partial charge in [-0.25, -0.2) is 9.97 Å². The maximum absolute atomic E-state index is 12.9. The second-order valence-electron chi connectivity index (χ2n) is 6.26. The van der Waals surface area contributed by atoms with Crippen molar-refractivity contribution < 1.29 is 13.2 Å². The van der Waals surface area contributed by atoms with Crippen molar-refractivity contribution in [3.05, 3.63) is 41.7 Å². The fourth-order valence-electron chi connectivity index (χ4n) is 3.00. The maximum Gasteiger partial charge on any atom is 0.416 e. The van der Waals surface area contributed by atoms with Gasteiger partial charge in [0.25, 0.3) is 0 Å². The van der Waals surface area contributed by atoms with E-state index in [1.54, 1.807) is 19.1 Å². The normalized spacial score (nSPS) is 15.8. The summed E-state index contributed by atoms with van der Waals surface area (Å²) < 4.78 is 38.6. The molecule has 0 bridgehead atoms. The van der Waals surface area contributed by atoms with E-state index in [-0.39, 0.29) is 0 Å². The molecule has 1 saturated heterocycles. The number of nitrogens with zero attached hydrogens (tertiary/aromatic N) is 3. The van der Waals surface area contributed by atoms with Crippen LogP contribution in [0.25, 0.3) is 0 Å². The van der Waals surface area contributed by atoms with Crippen LogP contribution in [0.3, 0.4) is 0 Å². The third-order valence-corrected chi connectivity index (χ3v) is 4.22. The van der Waals surface area contributed by atoms with Crippen molar-refractivity contribution in [2.24, 2.45) is 0 Å². The monoisotopic (exact) mass is 350 g/mol. The molecule has 3 rings (SSSR count). The summed E-state index contributed by atoms with van der Waals surface area (Å²) in [5, 5.41) is 2.97. The van der Waals surface area contributed by atoms with Gasteiger partial charge in [0.05, 0.1) is 5.56 Å². The Balaban J connectivity index is 1.83. The number of benzene rings is 1. The summed E-state index contributed by atoms with van der Waals surface area (Å²) in [6.45, 7) is 3.68. The number of hydrogen-bond acceptors (Lipinski definition) is 4. The van der Waals surface area contributed by atoms with Crippen molar-refractivity contribution in [3.8, 4) is 0 Å². The van der Waals surface area contributed by atoms with E-state index < -0.39 is 11.7 Å². The lowest BCUT2D eigenvalue weighted by atomic mass is 10.2. The topological polar surface area (TPSA) is 41.1 Å². The van der Waals surface area contributed by atoms with Gasteiger partial charge in [0, 0.05) is 24.8 Å². The summed E-state index contributed by atoms with van der Waals surface area (Å²) in [4.78, 5) is 11.0. The highest BCUT2D eigenvalue weighted by atomic mass is 19.4. The van der Waals surface area contributed by atoms with Crippen LogP contribution in [0.15, 0.2) is 30.3 Å². The molecule has 7 heteroatoms. The van der Waals surface area contributed by atoms with E-state index in [1.807, 2.05) is 0 Å². The highest BCUT2D eigenvalue weighted by Crippen LogP contribution is 2.31. The molecule has 134 valence electrons. The van der Waals surface area contributed by atoms with Crippen molar-refractivity contribution in [1.29, 1.82) is 0 Å². The summed E-state index contributed by atoms with van der Waals surface area (Å²) >= 11 is 0. The molecule has 2 aromatic rings. The van der Waals surface area contributed by atoms with Gasteiger partial charge >= 0.3 is 6.18 Å². The molecule has 0 unspecified atom stereocenters. The predicted molar refractivity (Wildman–Crippen MR) is 92.2 cm³/mol. The van der Waals surface area contributed by atoms with E-state index in [0.29, 0.717) is 17.3 Å². The van der Waals surface area contributed by atoms with Crippen LogP contribution >= 0.6 is 0 Å². The molecule has 0 atom stereocenters. The van der Waals surface area contributed by atoms with Crippen LogP contribution in [0.1, 0.15) is 37.1 Å². The molecule has 0 saturated carbocycles. The van der Waals surface area contributed by atoms with Crippen LogP contribution in [0, 0.1) is 6.92 Å². The molecule has 4 nitrogen and oxygen atoms in total. The Labute approximate surface area is 145 Å². The minimum atomic E-state index is -4.36. The van der Waals surface area contributed by atoms with Crippen molar-refractivity contribution in [2.45, 2.75) is 38.8 Å². The lowest BCUT2D eigenvalue weighted by Crippen LogP contribution is -2.25. The Kier molecular flexibility index (Phi) is 5.11. The molecular formula is C18H21F3N4. The van der Waals surface area contributed by atoms with Crippen molar-refractivity contribution in [1.82, 2.24) is 9.97 Å². The third kappa shape index (κ3) is 4.61. The summed E-state index contributed by atoms with van der Waals surface area (Å²) in [6.07, 6.45) is 0.321. The highest BCUT2D eigenvalue weighted by molar-refractivity contribution is 5.60. The number of hydrogen-bond donors (Lipinski definition) is 1. The van der Waals surface area contributed by atoms with Crippen molar-refractivity contribution >= 4 is 17.3 Å². The number of nitrogens with one attached hydrogen (secondary N) is 1. The number of rotatable bonds is 3. The van der Waals surface area contributed by atoms with Gasteiger partial charge in [-0.1, -0.05) is 18.9 Å². The maximum atomic E-state index is 12.9. The lowest BCUT2D eigenvalue weighted by molar-refractivity contribution is -0.137. The Hall–Kier alpha value is -2.31. The van der Waals surface area contributed by atoms with Crippen LogP contribution < -0.4 is 10.2 Å². The zero-order valence-electron chi connectivity index (χ0n) is 14.1. The van der Waals surface area contributed by atoms with E-state index in [2.05, 4.69) is 20.2 Å². The fraction of sp³-hybridized carbons (Fsp3) is 0.444. The predicted octanol–water partition coefficient (Wildman–Crippen LogP) is 4.93. The molecule has 2 heterocycles. The molecule has 1 aromatic carbocycles. The molecular weight excluding hydrogens is 329 g/mol. The molecule has 1 aliphatic rings. The molecule has 1 aromatic heterocycles. The zero-order valence-corrected chi connectivity index (χ0v) is 14.1. The standard InChI is InChI=1S/C18H21F3N4/c1-13-22-16(12-17(23-13)25-9-4-2-3-5-10-25)24-15-8-6-7-14(11-15)18(19,20)21/h6-8,11-12H,2-5,9-10H2,1H3,(H,22,23,24). The molecule has 25 heavy (non-hydrogen) atoms. The van der Waals surface area contributed by atoms with E-state index in [4.69, 9.17) is 0 Å². The Morgan fingerprint density at radius 2 is 1.72 bits per heavy atom. The number of aromatic nitrogens is 2. The Bertz CT molecular complexity index is 723. The van der Waals surface area contributed by atoms with E-state index in [1.165, 1.54) is 18.9 Å². The number of alkyl halides is 3. The average molecular weight is 350 g/mol. The van der Waals surface area contributed by atoms with Gasteiger partial charge in [0.1, 0.15) is 17.5 Å². The van der Waals surface area contributed by atoms with Crippen LogP contribution in [0.5, 0.6) is 0 Å². The van der Waals surface area contributed by atoms with E-state index in [9.17, 15) is 13.2 Å². The van der Waals surface area contributed by atoms with Crippen LogP contribution in [0.2, 0.25) is 0 Å². The van der Waals surface area contributed by atoms with Crippen molar-refractivity contribution in [3.63, 3.8) is 0 Å². The Morgan fingerprint density at radius 1 is 1.00 bits per heavy atom. The zero-order chi connectivity index (χ0) is 17.9. The molecule has 1 aliphatic heterocycles. The number of halogens is 3. The van der Waals surface area contributed by atoms with E-state index in [0.717, 1.165) is 43.9 Å². The first-order valence-corrected chi connectivity index (χ1v) is 8.47. The van der Waals surface area contributed by atoms with Gasteiger partial charge in [0.2, 0.25) is 0 Å². The first-order chi connectivity index (χ1) is 11.9. The average Bonchev–Trinajstić information content (AvgIpc) is 2.83. The molecule has 0 spiro atoms. The molecule has 1 N–H and O–H groups in total. The number of aryl methyl sites for hydroxylation is 1. The van der Waals surface area contributed by atoms with Gasteiger partial charge in [-0.3, -0.25) is 0 Å². The fourth-order valence-corrected chi connectivity index (χ4v) is 3.00. The van der Waals surface area contributed by atoms with Gasteiger partial charge < -0.3 is 10.2 Å². The minimum absolute atomic E-state index is 0.356. The van der Waals surface area contributed by atoms with Gasteiger partial charge in [-0.2, -0.15) is 13.2 Å². The number of anilines is 3. The van der Waals surface area contributed by atoms with Gasteiger partial charge in [-0.05, 0) is 38.0 Å². The highest BCUT2D eigenvalue weighted by Gasteiger charge is 2.30. The molecule has 1 fully saturated rings. The second-order valence-corrected chi connectivity index (χ2v) is 6.26. The Morgan fingerprint density at radius 3 is 2.40 bits per heavy atom. The second kappa shape index (κ2) is 7.29. The van der Waals surface area contributed by atoms with E-state index >= 15 is 0 Å². The first kappa shape index (κ1) is 17.5. The summed E-state index contributed by atoms with van der Waals surface area (Å²) in [6, 6.07) is 6.92. The quantitative estimate of drug-likeness (QED) is 0.852. The molecule has 0 aliphatic carbocycles. The summed E-state index contributed by atoms with van der Waals surface area (Å²) in [7, 11) is 0. The van der Waals surface area contributed by atoms with Crippen LogP contribution in [0.4, 0.5) is 30.5 Å². The SMILES string of the molecule is Cc1nc(Nc2cccc(C(F)(F)F)c2)cc(N2CCCCCC2)n1. The van der Waals surface area contributed by atoms with Crippen LogP contribution in [-0.4, -0.2) is 23.1 Å². The largest absolute Gasteiger partial charge is 0.416 e. The van der Waals surface area contributed by atoms with Crippen molar-refractivity contribution in [2.75, 3.05) is 23.3 Å². The first-order valence-electron chi connectivity index (χ1n) is 8.47. The lowest BCUT2D eigenvalue weighted by Gasteiger charge is -2.22. The minimum Gasteiger partial charge on any atom is -0.356 e. The molecule has 0 amide bonds. The van der Waals surface area contributed by atoms with Gasteiger partial charge in [-0.15, -0.1) is 0 Å².